The lowest BCUT2D eigenvalue weighted by Gasteiger charge is -2.17. The molecule has 0 saturated carbocycles. The molecule has 0 amide bonds. The Bertz CT molecular complexity index is 2750. The number of pyridine rings is 2. The van der Waals surface area contributed by atoms with E-state index >= 15 is 0 Å². The fourth-order valence-corrected chi connectivity index (χ4v) is 7.40. The summed E-state index contributed by atoms with van der Waals surface area (Å²) < 4.78 is 0. The predicted octanol–water partition coefficient (Wildman–Crippen LogP) is 11.3. The van der Waals surface area contributed by atoms with Gasteiger partial charge in [-0.2, -0.15) is 0 Å². The summed E-state index contributed by atoms with van der Waals surface area (Å²) in [5, 5.41) is 16.6. The fourth-order valence-electron chi connectivity index (χ4n) is 7.40. The smallest absolute Gasteiger partial charge is 0.0718 e. The van der Waals surface area contributed by atoms with Gasteiger partial charge in [-0.3, -0.25) is 9.97 Å². The average Bonchev–Trinajstić information content (AvgIpc) is 3.09. The minimum atomic E-state index is 0.922. The first-order valence-electron chi connectivity index (χ1n) is 15.1. The molecule has 0 aliphatic heterocycles. The van der Waals surface area contributed by atoms with E-state index in [9.17, 15) is 0 Å². The standard InChI is InChI=1S/C42H24N2/c1-2-13-37-28(6-1)20-32(24-44-37)38-19-18-30(23-43-38)31-21-29-17-16-27-8-4-11-34-33-10-3-7-25-14-15-26-9-5-12-35(41(26)39(25)33)36(22-31)42(29)40(27)34/h1-24H. The molecule has 10 aromatic rings. The number of hydrogen-bond acceptors (Lipinski definition) is 2. The first-order chi connectivity index (χ1) is 21.8. The molecule has 0 spiro atoms. The minimum Gasteiger partial charge on any atom is -0.256 e. The van der Waals surface area contributed by atoms with Crippen molar-refractivity contribution in [2.24, 2.45) is 0 Å². The van der Waals surface area contributed by atoms with Gasteiger partial charge in [-0.05, 0) is 101 Å². The summed E-state index contributed by atoms with van der Waals surface area (Å²) in [4.78, 5) is 9.58. The minimum absolute atomic E-state index is 0.922. The zero-order chi connectivity index (χ0) is 28.8. The first kappa shape index (κ1) is 23.7. The highest BCUT2D eigenvalue weighted by Crippen LogP contribution is 2.44. The van der Waals surface area contributed by atoms with Gasteiger partial charge in [-0.25, -0.2) is 0 Å². The highest BCUT2D eigenvalue weighted by molar-refractivity contribution is 6.37. The number of aromatic nitrogens is 2. The van der Waals surface area contributed by atoms with Gasteiger partial charge in [-0.15, -0.1) is 0 Å². The van der Waals surface area contributed by atoms with E-state index in [0.29, 0.717) is 0 Å². The molecule has 8 aromatic carbocycles. The lowest BCUT2D eigenvalue weighted by Crippen LogP contribution is -1.90. The van der Waals surface area contributed by atoms with Crippen LogP contribution in [0.15, 0.2) is 146 Å². The molecule has 0 saturated heterocycles. The Morgan fingerprint density at radius 2 is 0.864 bits per heavy atom. The van der Waals surface area contributed by atoms with Crippen molar-refractivity contribution in [1.82, 2.24) is 9.97 Å². The van der Waals surface area contributed by atoms with E-state index in [-0.39, 0.29) is 0 Å². The third kappa shape index (κ3) is 3.31. The van der Waals surface area contributed by atoms with Gasteiger partial charge in [-0.1, -0.05) is 103 Å². The Hall–Kier alpha value is -5.86. The Labute approximate surface area is 253 Å². The molecule has 2 nitrogen and oxygen atoms in total. The Morgan fingerprint density at radius 3 is 1.52 bits per heavy atom. The van der Waals surface area contributed by atoms with Crippen LogP contribution >= 0.6 is 0 Å². The van der Waals surface area contributed by atoms with E-state index in [1.807, 2.05) is 30.6 Å². The molecule has 2 heterocycles. The van der Waals surface area contributed by atoms with Gasteiger partial charge in [0.15, 0.2) is 0 Å². The van der Waals surface area contributed by atoms with Crippen molar-refractivity contribution in [1.29, 1.82) is 0 Å². The molecule has 10 rings (SSSR count). The van der Waals surface area contributed by atoms with Gasteiger partial charge in [0.05, 0.1) is 11.2 Å². The molecule has 2 aromatic heterocycles. The summed E-state index contributed by atoms with van der Waals surface area (Å²) >= 11 is 0. The van der Waals surface area contributed by atoms with Gasteiger partial charge < -0.3 is 0 Å². The second-order valence-electron chi connectivity index (χ2n) is 11.8. The summed E-state index contributed by atoms with van der Waals surface area (Å²) in [6.07, 6.45) is 3.92. The number of para-hydroxylation sites is 1. The molecule has 44 heavy (non-hydrogen) atoms. The number of hydrogen-bond donors (Lipinski definition) is 0. The molecule has 0 bridgehead atoms. The molecule has 0 N–H and O–H groups in total. The Balaban J connectivity index is 1.29. The van der Waals surface area contributed by atoms with Gasteiger partial charge >= 0.3 is 0 Å². The van der Waals surface area contributed by atoms with E-state index in [2.05, 4.69) is 120 Å². The van der Waals surface area contributed by atoms with Gasteiger partial charge in [0.25, 0.3) is 0 Å². The molecule has 202 valence electrons. The number of nitrogens with zero attached hydrogens (tertiary/aromatic N) is 2. The van der Waals surface area contributed by atoms with Gasteiger partial charge in [0.1, 0.15) is 0 Å². The molecular formula is C42H24N2. The first-order valence-corrected chi connectivity index (χ1v) is 15.1. The maximum atomic E-state index is 4.92. The summed E-state index contributed by atoms with van der Waals surface area (Å²) in [5.41, 5.74) is 5.20. The van der Waals surface area contributed by atoms with Crippen LogP contribution in [0.1, 0.15) is 0 Å². The second-order valence-corrected chi connectivity index (χ2v) is 11.8. The largest absolute Gasteiger partial charge is 0.256 e. The topological polar surface area (TPSA) is 25.8 Å². The molecule has 0 fully saturated rings. The van der Waals surface area contributed by atoms with Crippen LogP contribution < -0.4 is 0 Å². The molecule has 0 aliphatic rings. The van der Waals surface area contributed by atoms with Crippen LogP contribution in [0.25, 0.3) is 97.9 Å². The normalized spacial score (nSPS) is 12.1. The van der Waals surface area contributed by atoms with E-state index < -0.39 is 0 Å². The van der Waals surface area contributed by atoms with Crippen LogP contribution in [0.4, 0.5) is 0 Å². The van der Waals surface area contributed by atoms with E-state index in [1.54, 1.807) is 0 Å². The van der Waals surface area contributed by atoms with Crippen molar-refractivity contribution < 1.29 is 0 Å². The van der Waals surface area contributed by atoms with Crippen molar-refractivity contribution in [2.45, 2.75) is 0 Å². The van der Waals surface area contributed by atoms with Gasteiger partial charge in [0, 0.05) is 28.9 Å². The number of rotatable bonds is 2. The lowest BCUT2D eigenvalue weighted by atomic mass is 9.86. The van der Waals surface area contributed by atoms with Crippen molar-refractivity contribution in [2.75, 3.05) is 0 Å². The SMILES string of the molecule is c1ccc2ncc(-c3ccc(-c4cc5ccc6cccc7c8cccc9ccc%10cccc(c(c4)c5c67)c%10c98)cn3)cc2c1. The average molecular weight is 557 g/mol. The molecule has 0 unspecified atom stereocenters. The zero-order valence-electron chi connectivity index (χ0n) is 23.8. The predicted molar refractivity (Wildman–Crippen MR) is 187 cm³/mol. The third-order valence-electron chi connectivity index (χ3n) is 9.41. The summed E-state index contributed by atoms with van der Waals surface area (Å²) in [5.74, 6) is 0. The highest BCUT2D eigenvalue weighted by atomic mass is 14.7. The lowest BCUT2D eigenvalue weighted by molar-refractivity contribution is 1.31. The van der Waals surface area contributed by atoms with Crippen LogP contribution in [0.5, 0.6) is 0 Å². The highest BCUT2D eigenvalue weighted by Gasteiger charge is 2.16. The Kier molecular flexibility index (Phi) is 4.75. The van der Waals surface area contributed by atoms with Crippen LogP contribution in [-0.2, 0) is 0 Å². The fraction of sp³-hybridized carbons (Fsp3) is 0. The van der Waals surface area contributed by atoms with Crippen LogP contribution in [-0.4, -0.2) is 9.97 Å². The molecule has 0 atom stereocenters. The molecular weight excluding hydrogens is 532 g/mol. The van der Waals surface area contributed by atoms with E-state index in [0.717, 1.165) is 33.3 Å². The zero-order valence-corrected chi connectivity index (χ0v) is 23.8. The summed E-state index contributed by atoms with van der Waals surface area (Å²) in [7, 11) is 0. The van der Waals surface area contributed by atoms with Crippen molar-refractivity contribution in [3.8, 4) is 22.4 Å². The maximum absolute atomic E-state index is 4.92. The number of fused-ring (bicyclic) bond motifs is 3. The van der Waals surface area contributed by atoms with E-state index in [1.165, 1.54) is 64.6 Å². The molecule has 2 heteroatoms. The number of benzene rings is 7. The van der Waals surface area contributed by atoms with Crippen LogP contribution in [0.3, 0.4) is 0 Å². The third-order valence-corrected chi connectivity index (χ3v) is 9.41. The quantitative estimate of drug-likeness (QED) is 0.198. The van der Waals surface area contributed by atoms with Crippen LogP contribution in [0, 0.1) is 0 Å². The van der Waals surface area contributed by atoms with Crippen molar-refractivity contribution in [3.63, 3.8) is 0 Å². The van der Waals surface area contributed by atoms with Gasteiger partial charge in [0.2, 0.25) is 0 Å². The van der Waals surface area contributed by atoms with Crippen molar-refractivity contribution in [3.05, 3.63) is 146 Å². The summed E-state index contributed by atoms with van der Waals surface area (Å²) in [6.45, 7) is 0. The molecule has 0 aliphatic carbocycles. The maximum Gasteiger partial charge on any atom is 0.0718 e. The van der Waals surface area contributed by atoms with E-state index in [4.69, 9.17) is 4.98 Å². The molecule has 0 radical (unpaired) electrons. The van der Waals surface area contributed by atoms with Crippen molar-refractivity contribution >= 4 is 75.5 Å². The monoisotopic (exact) mass is 556 g/mol. The Morgan fingerprint density at radius 1 is 0.318 bits per heavy atom. The second kappa shape index (κ2) is 8.82. The van der Waals surface area contributed by atoms with Crippen LogP contribution in [0.2, 0.25) is 0 Å². The summed E-state index contributed by atoms with van der Waals surface area (Å²) in [6, 6.07) is 48.7.